The van der Waals surface area contributed by atoms with Gasteiger partial charge in [-0.1, -0.05) is 6.58 Å². The van der Waals surface area contributed by atoms with Crippen molar-refractivity contribution in [3.63, 3.8) is 0 Å². The van der Waals surface area contributed by atoms with Gasteiger partial charge in [-0.25, -0.2) is 0 Å². The van der Waals surface area contributed by atoms with Crippen molar-refractivity contribution in [1.29, 1.82) is 0 Å². The molecule has 0 atom stereocenters. The van der Waals surface area contributed by atoms with Gasteiger partial charge in [-0.3, -0.25) is 5.01 Å². The van der Waals surface area contributed by atoms with Crippen molar-refractivity contribution in [3.05, 3.63) is 12.4 Å². The molecule has 0 radical (unpaired) electrons. The first-order chi connectivity index (χ1) is 5.83. The maximum atomic E-state index is 3.84. The van der Waals surface area contributed by atoms with Crippen molar-refractivity contribution in [3.8, 4) is 0 Å². The number of hydrogen-bond donors (Lipinski definition) is 0. The van der Waals surface area contributed by atoms with Crippen molar-refractivity contribution >= 4 is 6.08 Å². The summed E-state index contributed by atoms with van der Waals surface area (Å²) in [4.78, 5) is 1.66. The van der Waals surface area contributed by atoms with Gasteiger partial charge >= 0.3 is 0 Å². The van der Waals surface area contributed by atoms with Crippen LogP contribution in [0, 0.1) is 0 Å². The normalized spacial score (nSPS) is 9.83. The summed E-state index contributed by atoms with van der Waals surface area (Å²) in [6.45, 7) is 9.49. The molecule has 12 heavy (non-hydrogen) atoms. The predicted octanol–water partition coefficient (Wildman–Crippen LogP) is 0.294. The maximum Gasteiger partial charge on any atom is 0.196 e. The summed E-state index contributed by atoms with van der Waals surface area (Å²) in [7, 11) is 0. The fraction of sp³-hybridized carbons (Fsp3) is 0.571. The van der Waals surface area contributed by atoms with Gasteiger partial charge in [0.15, 0.2) is 5.82 Å². The monoisotopic (exact) mass is 167 g/mol. The van der Waals surface area contributed by atoms with Crippen LogP contribution in [0.15, 0.2) is 6.58 Å². The Morgan fingerprint density at radius 1 is 1.50 bits per heavy atom. The van der Waals surface area contributed by atoms with E-state index in [9.17, 15) is 0 Å². The number of nitrogens with zero attached hydrogens (tertiary/aromatic N) is 5. The molecule has 1 heterocycles. The van der Waals surface area contributed by atoms with Gasteiger partial charge in [-0.15, -0.1) is 9.89 Å². The van der Waals surface area contributed by atoms with Gasteiger partial charge in [0, 0.05) is 13.1 Å². The summed E-state index contributed by atoms with van der Waals surface area (Å²) in [6.07, 6.45) is 1.64. The van der Waals surface area contributed by atoms with Crippen molar-refractivity contribution < 1.29 is 0 Å². The van der Waals surface area contributed by atoms with E-state index in [2.05, 4.69) is 36.0 Å². The van der Waals surface area contributed by atoms with Crippen molar-refractivity contribution in [2.75, 3.05) is 18.1 Å². The molecule has 0 aliphatic heterocycles. The first-order valence-electron chi connectivity index (χ1n) is 3.99. The number of hydrogen-bond acceptors (Lipinski definition) is 4. The molecule has 5 nitrogen and oxygen atoms in total. The fourth-order valence-corrected chi connectivity index (χ4v) is 1.00. The Balaban J connectivity index is 2.90. The Labute approximate surface area is 71.6 Å². The highest BCUT2D eigenvalue weighted by atomic mass is 15.7. The van der Waals surface area contributed by atoms with Crippen LogP contribution in [0.1, 0.15) is 19.7 Å². The minimum atomic E-state index is 0.679. The summed E-state index contributed by atoms with van der Waals surface area (Å²) >= 11 is 0. The first kappa shape index (κ1) is 8.70. The van der Waals surface area contributed by atoms with Crippen LogP contribution in [0.5, 0.6) is 0 Å². The standard InChI is InChI=1S/C7H13N5/c1-4-7-8-9-10-12(7)11(5-2)6-3/h4H,1,5-6H2,2-3H3. The summed E-state index contributed by atoms with van der Waals surface area (Å²) in [5.74, 6) is 0.679. The molecular formula is C7H13N5. The average molecular weight is 167 g/mol. The van der Waals surface area contributed by atoms with E-state index in [1.54, 1.807) is 10.9 Å². The summed E-state index contributed by atoms with van der Waals surface area (Å²) in [5, 5.41) is 13.2. The quantitative estimate of drug-likeness (QED) is 0.646. The van der Waals surface area contributed by atoms with Crippen molar-refractivity contribution in [2.45, 2.75) is 13.8 Å². The third-order valence-electron chi connectivity index (χ3n) is 1.66. The van der Waals surface area contributed by atoms with Gasteiger partial charge in [0.2, 0.25) is 0 Å². The van der Waals surface area contributed by atoms with Gasteiger partial charge < -0.3 is 0 Å². The van der Waals surface area contributed by atoms with Crippen LogP contribution >= 0.6 is 0 Å². The lowest BCUT2D eigenvalue weighted by molar-refractivity contribution is 0.535. The van der Waals surface area contributed by atoms with E-state index in [1.807, 2.05) is 5.01 Å². The second-order valence-corrected chi connectivity index (χ2v) is 2.27. The lowest BCUT2D eigenvalue weighted by Crippen LogP contribution is -2.35. The minimum absolute atomic E-state index is 0.679. The number of tetrazole rings is 1. The van der Waals surface area contributed by atoms with Crippen LogP contribution < -0.4 is 5.01 Å². The zero-order chi connectivity index (χ0) is 8.97. The van der Waals surface area contributed by atoms with E-state index in [1.165, 1.54) is 0 Å². The Bertz CT molecular complexity index is 250. The highest BCUT2D eigenvalue weighted by Gasteiger charge is 2.06. The van der Waals surface area contributed by atoms with Crippen LogP contribution in [0.2, 0.25) is 0 Å². The Morgan fingerprint density at radius 3 is 2.67 bits per heavy atom. The lowest BCUT2D eigenvalue weighted by atomic mass is 10.6. The lowest BCUT2D eigenvalue weighted by Gasteiger charge is -2.19. The Kier molecular flexibility index (Phi) is 2.79. The zero-order valence-electron chi connectivity index (χ0n) is 7.43. The molecule has 1 aromatic heterocycles. The molecule has 0 amide bonds. The molecule has 0 saturated heterocycles. The average Bonchev–Trinajstić information content (AvgIpc) is 2.55. The molecule has 0 bridgehead atoms. The highest BCUT2D eigenvalue weighted by molar-refractivity contribution is 5.35. The highest BCUT2D eigenvalue weighted by Crippen LogP contribution is 1.94. The smallest absolute Gasteiger partial charge is 0.196 e. The molecular weight excluding hydrogens is 154 g/mol. The van der Waals surface area contributed by atoms with Gasteiger partial charge in [-0.05, 0) is 30.4 Å². The third-order valence-corrected chi connectivity index (χ3v) is 1.66. The van der Waals surface area contributed by atoms with E-state index < -0.39 is 0 Å². The molecule has 0 saturated carbocycles. The van der Waals surface area contributed by atoms with Crippen molar-refractivity contribution in [2.24, 2.45) is 0 Å². The predicted molar refractivity (Wildman–Crippen MR) is 47.2 cm³/mol. The summed E-state index contributed by atoms with van der Waals surface area (Å²) in [5.41, 5.74) is 0. The first-order valence-corrected chi connectivity index (χ1v) is 3.99. The molecule has 0 N–H and O–H groups in total. The Hall–Kier alpha value is -1.39. The molecule has 0 spiro atoms. The van der Waals surface area contributed by atoms with Crippen LogP contribution in [-0.2, 0) is 0 Å². The molecule has 0 fully saturated rings. The number of aromatic nitrogens is 4. The van der Waals surface area contributed by atoms with E-state index in [4.69, 9.17) is 0 Å². The molecule has 0 aromatic carbocycles. The molecule has 5 heteroatoms. The van der Waals surface area contributed by atoms with Gasteiger partial charge in [-0.2, -0.15) is 0 Å². The second kappa shape index (κ2) is 3.85. The molecule has 1 aromatic rings. The Morgan fingerprint density at radius 2 is 2.17 bits per heavy atom. The zero-order valence-corrected chi connectivity index (χ0v) is 7.43. The number of rotatable bonds is 4. The molecule has 0 aliphatic rings. The van der Waals surface area contributed by atoms with Crippen LogP contribution in [0.25, 0.3) is 6.08 Å². The van der Waals surface area contributed by atoms with Crippen LogP contribution in [0.4, 0.5) is 0 Å². The fourth-order valence-electron chi connectivity index (χ4n) is 1.00. The van der Waals surface area contributed by atoms with E-state index in [0.717, 1.165) is 13.1 Å². The summed E-state index contributed by atoms with van der Waals surface area (Å²) < 4.78 is 0. The van der Waals surface area contributed by atoms with Gasteiger partial charge in [0.1, 0.15) is 0 Å². The van der Waals surface area contributed by atoms with E-state index in [-0.39, 0.29) is 0 Å². The SMILES string of the molecule is C=Cc1nnnn1N(CC)CC. The molecule has 0 unspecified atom stereocenters. The van der Waals surface area contributed by atoms with Gasteiger partial charge in [0.05, 0.1) is 0 Å². The molecule has 0 aliphatic carbocycles. The van der Waals surface area contributed by atoms with Crippen molar-refractivity contribution in [1.82, 2.24) is 20.3 Å². The van der Waals surface area contributed by atoms with E-state index >= 15 is 0 Å². The van der Waals surface area contributed by atoms with Crippen LogP contribution in [0.3, 0.4) is 0 Å². The van der Waals surface area contributed by atoms with E-state index in [0.29, 0.717) is 5.82 Å². The van der Waals surface area contributed by atoms with Crippen LogP contribution in [-0.4, -0.2) is 33.4 Å². The van der Waals surface area contributed by atoms with Gasteiger partial charge in [0.25, 0.3) is 0 Å². The summed E-state index contributed by atoms with van der Waals surface area (Å²) in [6, 6.07) is 0. The topological polar surface area (TPSA) is 46.8 Å². The molecule has 1 rings (SSSR count). The maximum absolute atomic E-state index is 3.84. The molecule has 66 valence electrons. The third kappa shape index (κ3) is 1.44. The largest absolute Gasteiger partial charge is 0.294 e. The minimum Gasteiger partial charge on any atom is -0.294 e. The second-order valence-electron chi connectivity index (χ2n) is 2.27.